The number of halogens is 1. The Kier molecular flexibility index (Phi) is 3.55. The quantitative estimate of drug-likeness (QED) is 0.469. The minimum atomic E-state index is 0.155. The molecule has 0 saturated heterocycles. The second kappa shape index (κ2) is 5.12. The average molecular weight is 304 g/mol. The molecule has 18 heavy (non-hydrogen) atoms. The Hall–Kier alpha value is -1.97. The van der Waals surface area contributed by atoms with Crippen LogP contribution < -0.4 is 0 Å². The zero-order valence-electron chi connectivity index (χ0n) is 9.63. The molecule has 0 atom stereocenters. The largest absolute Gasteiger partial charge is 0.507 e. The lowest BCUT2D eigenvalue weighted by atomic mass is 10.0. The number of phenols is 1. The zero-order chi connectivity index (χ0) is 13.1. The Balaban J connectivity index is 2.76. The minimum Gasteiger partial charge on any atom is -0.507 e. The van der Waals surface area contributed by atoms with Gasteiger partial charge in [-0.25, -0.2) is 0 Å². The molecule has 5 heteroatoms. The monoisotopic (exact) mass is 303 g/mol. The standard InChI is InChI=1S/C13H10BrN3O/c1-8-6-7-10(13(12(8)14)16-17-15)9-4-2-3-5-11(9)18/h2-7,18H,1H3. The SMILES string of the molecule is Cc1ccc(-c2ccccc2O)c(N=[N+]=[N-])c1Br. The maximum Gasteiger partial charge on any atom is 0.123 e. The van der Waals surface area contributed by atoms with E-state index in [4.69, 9.17) is 5.53 Å². The molecular formula is C13H10BrN3O. The Bertz CT molecular complexity index is 649. The number of aryl methyl sites for hydroxylation is 1. The molecule has 2 aromatic rings. The van der Waals surface area contributed by atoms with Crippen molar-refractivity contribution in [1.29, 1.82) is 0 Å². The van der Waals surface area contributed by atoms with E-state index in [1.807, 2.05) is 25.1 Å². The van der Waals surface area contributed by atoms with Crippen LogP contribution in [-0.4, -0.2) is 5.11 Å². The molecule has 0 spiro atoms. The molecule has 0 unspecified atom stereocenters. The summed E-state index contributed by atoms with van der Waals surface area (Å²) >= 11 is 3.41. The number of rotatable bonds is 2. The summed E-state index contributed by atoms with van der Waals surface area (Å²) in [5.74, 6) is 0.155. The summed E-state index contributed by atoms with van der Waals surface area (Å²) in [6.07, 6.45) is 0. The lowest BCUT2D eigenvalue weighted by molar-refractivity contribution is 0.477. The summed E-state index contributed by atoms with van der Waals surface area (Å²) in [5.41, 5.74) is 11.4. The summed E-state index contributed by atoms with van der Waals surface area (Å²) in [5, 5.41) is 13.6. The zero-order valence-corrected chi connectivity index (χ0v) is 11.2. The molecule has 2 aromatic carbocycles. The van der Waals surface area contributed by atoms with Gasteiger partial charge in [-0.2, -0.15) is 0 Å². The first-order valence-electron chi connectivity index (χ1n) is 5.27. The van der Waals surface area contributed by atoms with E-state index in [1.54, 1.807) is 18.2 Å². The van der Waals surface area contributed by atoms with Crippen molar-refractivity contribution in [3.63, 3.8) is 0 Å². The number of azide groups is 1. The first kappa shape index (κ1) is 12.5. The second-order valence-corrected chi connectivity index (χ2v) is 4.59. The van der Waals surface area contributed by atoms with Crippen LogP contribution in [0.4, 0.5) is 5.69 Å². The van der Waals surface area contributed by atoms with Crippen LogP contribution in [0.1, 0.15) is 5.56 Å². The fourth-order valence-corrected chi connectivity index (χ4v) is 2.15. The van der Waals surface area contributed by atoms with Gasteiger partial charge in [0, 0.05) is 14.9 Å². The Morgan fingerprint density at radius 2 is 1.89 bits per heavy atom. The van der Waals surface area contributed by atoms with Crippen LogP contribution in [0.25, 0.3) is 21.6 Å². The lowest BCUT2D eigenvalue weighted by Crippen LogP contribution is -1.84. The number of hydrogen-bond acceptors (Lipinski definition) is 2. The number of para-hydroxylation sites is 1. The Labute approximate surface area is 113 Å². The summed E-state index contributed by atoms with van der Waals surface area (Å²) in [4.78, 5) is 2.84. The van der Waals surface area contributed by atoms with Crippen LogP contribution in [-0.2, 0) is 0 Å². The third kappa shape index (κ3) is 2.18. The number of hydrogen-bond donors (Lipinski definition) is 1. The smallest absolute Gasteiger partial charge is 0.123 e. The van der Waals surface area contributed by atoms with E-state index in [9.17, 15) is 5.11 Å². The van der Waals surface area contributed by atoms with E-state index in [2.05, 4.69) is 26.0 Å². The van der Waals surface area contributed by atoms with E-state index in [0.717, 1.165) is 10.0 Å². The first-order valence-corrected chi connectivity index (χ1v) is 6.07. The van der Waals surface area contributed by atoms with Crippen LogP contribution >= 0.6 is 15.9 Å². The van der Waals surface area contributed by atoms with Gasteiger partial charge in [0.2, 0.25) is 0 Å². The molecule has 0 saturated carbocycles. The van der Waals surface area contributed by atoms with Gasteiger partial charge in [0.25, 0.3) is 0 Å². The highest BCUT2D eigenvalue weighted by molar-refractivity contribution is 9.10. The fraction of sp³-hybridized carbons (Fsp3) is 0.0769. The van der Waals surface area contributed by atoms with E-state index < -0.39 is 0 Å². The highest BCUT2D eigenvalue weighted by Crippen LogP contribution is 2.41. The number of aromatic hydroxyl groups is 1. The van der Waals surface area contributed by atoms with Crippen molar-refractivity contribution in [1.82, 2.24) is 0 Å². The molecule has 0 heterocycles. The van der Waals surface area contributed by atoms with Crippen molar-refractivity contribution in [3.8, 4) is 16.9 Å². The predicted octanol–water partition coefficient (Wildman–Crippen LogP) is 5.07. The molecule has 2 rings (SSSR count). The minimum absolute atomic E-state index is 0.155. The van der Waals surface area contributed by atoms with Crippen LogP contribution in [0.2, 0.25) is 0 Å². The molecule has 1 N–H and O–H groups in total. The topological polar surface area (TPSA) is 69.0 Å². The van der Waals surface area contributed by atoms with Gasteiger partial charge in [-0.1, -0.05) is 51.4 Å². The second-order valence-electron chi connectivity index (χ2n) is 3.80. The number of benzene rings is 2. The van der Waals surface area contributed by atoms with E-state index in [-0.39, 0.29) is 5.75 Å². The van der Waals surface area contributed by atoms with Crippen LogP contribution in [0.15, 0.2) is 46.0 Å². The highest BCUT2D eigenvalue weighted by Gasteiger charge is 2.12. The van der Waals surface area contributed by atoms with E-state index in [0.29, 0.717) is 16.8 Å². The molecule has 4 nitrogen and oxygen atoms in total. The van der Waals surface area contributed by atoms with Gasteiger partial charge < -0.3 is 5.11 Å². The Morgan fingerprint density at radius 3 is 2.56 bits per heavy atom. The summed E-state index contributed by atoms with van der Waals surface area (Å²) < 4.78 is 0.737. The molecule has 0 aliphatic carbocycles. The van der Waals surface area contributed by atoms with Crippen molar-refractivity contribution in [3.05, 3.63) is 56.9 Å². The highest BCUT2D eigenvalue weighted by atomic mass is 79.9. The number of phenolic OH excluding ortho intramolecular Hbond substituents is 1. The predicted molar refractivity (Wildman–Crippen MR) is 74.8 cm³/mol. The summed E-state index contributed by atoms with van der Waals surface area (Å²) in [6.45, 7) is 1.91. The maximum absolute atomic E-state index is 9.87. The van der Waals surface area contributed by atoms with Gasteiger partial charge in [0.15, 0.2) is 0 Å². The van der Waals surface area contributed by atoms with E-state index in [1.165, 1.54) is 0 Å². The third-order valence-corrected chi connectivity index (χ3v) is 3.65. The van der Waals surface area contributed by atoms with Gasteiger partial charge in [0.1, 0.15) is 5.75 Å². The van der Waals surface area contributed by atoms with Crippen molar-refractivity contribution in [2.75, 3.05) is 0 Å². The molecule has 0 fully saturated rings. The van der Waals surface area contributed by atoms with Crippen molar-refractivity contribution >= 4 is 21.6 Å². The summed E-state index contributed by atoms with van der Waals surface area (Å²) in [7, 11) is 0. The van der Waals surface area contributed by atoms with Crippen LogP contribution in [0.5, 0.6) is 5.75 Å². The first-order chi connectivity index (χ1) is 8.65. The third-order valence-electron chi connectivity index (χ3n) is 2.65. The molecule has 0 radical (unpaired) electrons. The molecule has 0 aliphatic heterocycles. The molecule has 0 bridgehead atoms. The van der Waals surface area contributed by atoms with Gasteiger partial charge >= 0.3 is 0 Å². The fourth-order valence-electron chi connectivity index (χ4n) is 1.73. The molecule has 90 valence electrons. The van der Waals surface area contributed by atoms with Gasteiger partial charge in [-0.15, -0.1) is 0 Å². The van der Waals surface area contributed by atoms with Gasteiger partial charge in [-0.3, -0.25) is 0 Å². The van der Waals surface area contributed by atoms with Crippen LogP contribution in [0.3, 0.4) is 0 Å². The molecule has 0 aliphatic rings. The van der Waals surface area contributed by atoms with E-state index >= 15 is 0 Å². The van der Waals surface area contributed by atoms with Gasteiger partial charge in [-0.05, 0) is 29.6 Å². The van der Waals surface area contributed by atoms with Crippen LogP contribution in [0, 0.1) is 6.92 Å². The van der Waals surface area contributed by atoms with Crippen molar-refractivity contribution in [2.24, 2.45) is 5.11 Å². The molecule has 0 aromatic heterocycles. The molecule has 0 amide bonds. The van der Waals surface area contributed by atoms with Crippen molar-refractivity contribution < 1.29 is 5.11 Å². The summed E-state index contributed by atoms with van der Waals surface area (Å²) in [6, 6.07) is 10.7. The number of nitrogens with zero attached hydrogens (tertiary/aromatic N) is 3. The van der Waals surface area contributed by atoms with Gasteiger partial charge in [0.05, 0.1) is 5.69 Å². The van der Waals surface area contributed by atoms with Crippen molar-refractivity contribution in [2.45, 2.75) is 6.92 Å². The normalized spacial score (nSPS) is 9.89. The molecular weight excluding hydrogens is 294 g/mol. The maximum atomic E-state index is 9.87. The Morgan fingerprint density at radius 1 is 1.17 bits per heavy atom. The lowest BCUT2D eigenvalue weighted by Gasteiger charge is -2.11. The average Bonchev–Trinajstić information content (AvgIpc) is 2.37.